The molecular formula is C17H16BrF2N3O3. The Kier molecular flexibility index (Phi) is 5.10. The Morgan fingerprint density at radius 3 is 2.77 bits per heavy atom. The van der Waals surface area contributed by atoms with Crippen LogP contribution in [0, 0.1) is 11.6 Å². The molecule has 0 fully saturated rings. The summed E-state index contributed by atoms with van der Waals surface area (Å²) in [5.41, 5.74) is -0.868. The van der Waals surface area contributed by atoms with Crippen LogP contribution in [0.15, 0.2) is 27.5 Å². The molecule has 0 unspecified atom stereocenters. The van der Waals surface area contributed by atoms with Gasteiger partial charge in [0.05, 0.1) is 24.0 Å². The minimum absolute atomic E-state index is 0.0359. The molecule has 1 aromatic carbocycles. The van der Waals surface area contributed by atoms with E-state index in [-0.39, 0.29) is 16.9 Å². The van der Waals surface area contributed by atoms with Crippen molar-refractivity contribution in [1.29, 1.82) is 0 Å². The van der Waals surface area contributed by atoms with Gasteiger partial charge in [0.15, 0.2) is 0 Å². The summed E-state index contributed by atoms with van der Waals surface area (Å²) in [6, 6.07) is 4.15. The van der Waals surface area contributed by atoms with Crippen molar-refractivity contribution in [3.05, 3.63) is 55.9 Å². The topological polar surface area (TPSA) is 63.6 Å². The Hall–Kier alpha value is -2.26. The molecule has 0 radical (unpaired) electrons. The summed E-state index contributed by atoms with van der Waals surface area (Å²) in [6.45, 7) is 0.328. The van der Waals surface area contributed by atoms with Crippen molar-refractivity contribution in [1.82, 2.24) is 9.63 Å². The smallest absolute Gasteiger partial charge is 0.289 e. The van der Waals surface area contributed by atoms with Crippen LogP contribution < -0.4 is 10.9 Å². The van der Waals surface area contributed by atoms with Gasteiger partial charge in [-0.05, 0) is 31.0 Å². The van der Waals surface area contributed by atoms with Gasteiger partial charge in [-0.15, -0.1) is 0 Å². The van der Waals surface area contributed by atoms with Crippen LogP contribution in [0.3, 0.4) is 0 Å². The fraction of sp³-hybridized carbons (Fsp3) is 0.294. The first-order valence-corrected chi connectivity index (χ1v) is 8.63. The van der Waals surface area contributed by atoms with Gasteiger partial charge in [0.2, 0.25) is 5.82 Å². The zero-order valence-corrected chi connectivity index (χ0v) is 15.7. The SMILES string of the molecule is CON(C)C(=O)c1c(Nc2ccc(Br)cc2F)c(F)c(=O)n2c1CCC2. The number of halogens is 3. The summed E-state index contributed by atoms with van der Waals surface area (Å²) in [7, 11) is 2.67. The minimum atomic E-state index is -1.13. The van der Waals surface area contributed by atoms with Gasteiger partial charge in [0.25, 0.3) is 11.5 Å². The number of pyridine rings is 1. The van der Waals surface area contributed by atoms with Gasteiger partial charge in [0, 0.05) is 23.8 Å². The number of amides is 1. The first-order chi connectivity index (χ1) is 12.3. The van der Waals surface area contributed by atoms with Gasteiger partial charge >= 0.3 is 0 Å². The van der Waals surface area contributed by atoms with Crippen molar-refractivity contribution < 1.29 is 18.4 Å². The van der Waals surface area contributed by atoms with Gasteiger partial charge in [-0.3, -0.25) is 14.4 Å². The quantitative estimate of drug-likeness (QED) is 0.760. The van der Waals surface area contributed by atoms with Crippen LogP contribution in [0.25, 0.3) is 0 Å². The van der Waals surface area contributed by atoms with Crippen molar-refractivity contribution in [2.24, 2.45) is 0 Å². The molecule has 1 aliphatic heterocycles. The van der Waals surface area contributed by atoms with Gasteiger partial charge in [-0.25, -0.2) is 9.45 Å². The van der Waals surface area contributed by atoms with Crippen molar-refractivity contribution in [3.63, 3.8) is 0 Å². The van der Waals surface area contributed by atoms with E-state index in [1.807, 2.05) is 0 Å². The molecule has 0 spiro atoms. The van der Waals surface area contributed by atoms with Crippen molar-refractivity contribution in [3.8, 4) is 0 Å². The fourth-order valence-electron chi connectivity index (χ4n) is 2.95. The summed E-state index contributed by atoms with van der Waals surface area (Å²) in [4.78, 5) is 29.9. The van der Waals surface area contributed by atoms with Crippen LogP contribution >= 0.6 is 15.9 Å². The lowest BCUT2D eigenvalue weighted by Gasteiger charge is -2.21. The molecule has 1 aliphatic rings. The lowest BCUT2D eigenvalue weighted by molar-refractivity contribution is -0.0757. The van der Waals surface area contributed by atoms with E-state index in [4.69, 9.17) is 4.84 Å². The molecule has 1 N–H and O–H groups in total. The molecule has 3 rings (SSSR count). The minimum Gasteiger partial charge on any atom is -0.350 e. The number of carbonyl (C=O) groups excluding carboxylic acids is 1. The van der Waals surface area contributed by atoms with Crippen LogP contribution in [0.2, 0.25) is 0 Å². The van der Waals surface area contributed by atoms with E-state index in [1.165, 1.54) is 30.9 Å². The van der Waals surface area contributed by atoms with E-state index in [1.54, 1.807) is 6.07 Å². The molecule has 1 amide bonds. The summed E-state index contributed by atoms with van der Waals surface area (Å²) < 4.78 is 30.7. The van der Waals surface area contributed by atoms with Crippen LogP contribution in [-0.4, -0.2) is 29.7 Å². The van der Waals surface area contributed by atoms with Gasteiger partial charge < -0.3 is 9.88 Å². The number of hydrogen-bond donors (Lipinski definition) is 1. The zero-order valence-electron chi connectivity index (χ0n) is 14.1. The van der Waals surface area contributed by atoms with Crippen LogP contribution in [-0.2, 0) is 17.8 Å². The third-order valence-electron chi connectivity index (χ3n) is 4.28. The second kappa shape index (κ2) is 7.16. The van der Waals surface area contributed by atoms with E-state index in [2.05, 4.69) is 21.2 Å². The number of fused-ring (bicyclic) bond motifs is 1. The van der Waals surface area contributed by atoms with E-state index in [0.717, 1.165) is 5.06 Å². The Morgan fingerprint density at radius 2 is 2.12 bits per heavy atom. The first-order valence-electron chi connectivity index (χ1n) is 7.84. The monoisotopic (exact) mass is 427 g/mol. The molecule has 0 atom stereocenters. The lowest BCUT2D eigenvalue weighted by Crippen LogP contribution is -2.32. The summed E-state index contributed by atoms with van der Waals surface area (Å²) >= 11 is 3.14. The number of benzene rings is 1. The third-order valence-corrected chi connectivity index (χ3v) is 4.77. The van der Waals surface area contributed by atoms with E-state index < -0.39 is 23.1 Å². The highest BCUT2D eigenvalue weighted by atomic mass is 79.9. The van der Waals surface area contributed by atoms with Gasteiger partial charge in [0.1, 0.15) is 5.82 Å². The predicted molar refractivity (Wildman–Crippen MR) is 95.5 cm³/mol. The molecule has 138 valence electrons. The molecule has 1 aromatic heterocycles. The largest absolute Gasteiger partial charge is 0.350 e. The zero-order chi connectivity index (χ0) is 19.0. The molecule has 6 nitrogen and oxygen atoms in total. The first kappa shape index (κ1) is 18.5. The van der Waals surface area contributed by atoms with Crippen molar-refractivity contribution in [2.45, 2.75) is 19.4 Å². The van der Waals surface area contributed by atoms with Crippen LogP contribution in [0.1, 0.15) is 22.5 Å². The lowest BCUT2D eigenvalue weighted by atomic mass is 10.1. The number of carbonyl (C=O) groups is 1. The maximum Gasteiger partial charge on any atom is 0.289 e. The summed E-state index contributed by atoms with van der Waals surface area (Å²) in [5, 5.41) is 3.51. The molecule has 2 heterocycles. The molecule has 0 bridgehead atoms. The Labute approximate surface area is 156 Å². The Morgan fingerprint density at radius 1 is 1.38 bits per heavy atom. The second-order valence-electron chi connectivity index (χ2n) is 5.81. The van der Waals surface area contributed by atoms with E-state index >= 15 is 0 Å². The average Bonchev–Trinajstić information content (AvgIpc) is 3.10. The number of hydroxylamine groups is 2. The fourth-order valence-corrected chi connectivity index (χ4v) is 3.28. The van der Waals surface area contributed by atoms with Crippen molar-refractivity contribution in [2.75, 3.05) is 19.5 Å². The normalized spacial score (nSPS) is 12.8. The standard InChI is InChI=1S/C17H16BrF2N3O3/c1-22(26-2)16(24)13-12-4-3-7-23(12)17(25)14(20)15(13)21-11-6-5-9(18)8-10(11)19/h5-6,8,21H,3-4,7H2,1-2H3. The number of aromatic nitrogens is 1. The Bertz CT molecular complexity index is 946. The predicted octanol–water partition coefficient (Wildman–Crippen LogP) is 3.21. The number of nitrogens with one attached hydrogen (secondary N) is 1. The maximum absolute atomic E-state index is 14.8. The van der Waals surface area contributed by atoms with E-state index in [0.29, 0.717) is 29.6 Å². The molecule has 0 saturated heterocycles. The maximum atomic E-state index is 14.8. The second-order valence-corrected chi connectivity index (χ2v) is 6.72. The summed E-state index contributed by atoms with van der Waals surface area (Å²) in [6.07, 6.45) is 1.05. The van der Waals surface area contributed by atoms with Crippen molar-refractivity contribution >= 4 is 33.2 Å². The molecule has 9 heteroatoms. The number of nitrogens with zero attached hydrogens (tertiary/aromatic N) is 2. The molecule has 26 heavy (non-hydrogen) atoms. The van der Waals surface area contributed by atoms with E-state index in [9.17, 15) is 18.4 Å². The number of anilines is 2. The average molecular weight is 428 g/mol. The summed E-state index contributed by atoms with van der Waals surface area (Å²) in [5.74, 6) is -2.42. The number of rotatable bonds is 4. The highest BCUT2D eigenvalue weighted by Crippen LogP contribution is 2.31. The molecule has 2 aromatic rings. The van der Waals surface area contributed by atoms with Gasteiger partial charge in [-0.1, -0.05) is 15.9 Å². The highest BCUT2D eigenvalue weighted by Gasteiger charge is 2.31. The molecular weight excluding hydrogens is 412 g/mol. The van der Waals surface area contributed by atoms with Gasteiger partial charge in [-0.2, -0.15) is 4.39 Å². The third kappa shape index (κ3) is 3.12. The molecule has 0 saturated carbocycles. The van der Waals surface area contributed by atoms with Crippen LogP contribution in [0.4, 0.5) is 20.2 Å². The highest BCUT2D eigenvalue weighted by molar-refractivity contribution is 9.10. The molecule has 0 aliphatic carbocycles. The Balaban J connectivity index is 2.21. The van der Waals surface area contributed by atoms with Crippen LogP contribution in [0.5, 0.6) is 0 Å². The number of hydrogen-bond acceptors (Lipinski definition) is 4.